The van der Waals surface area contributed by atoms with Crippen LogP contribution < -0.4 is 4.74 Å². The zero-order chi connectivity index (χ0) is 13.7. The number of methoxy groups -OCH3 is 1. The van der Waals surface area contributed by atoms with Gasteiger partial charge in [0.2, 0.25) is 0 Å². The zero-order valence-corrected chi connectivity index (χ0v) is 11.7. The van der Waals surface area contributed by atoms with E-state index in [1.165, 1.54) is 0 Å². The second kappa shape index (κ2) is 6.89. The van der Waals surface area contributed by atoms with Crippen LogP contribution in [0.5, 0.6) is 5.75 Å². The Balaban J connectivity index is 1.98. The van der Waals surface area contributed by atoms with Crippen molar-refractivity contribution in [2.75, 3.05) is 33.4 Å². The van der Waals surface area contributed by atoms with E-state index in [4.69, 9.17) is 9.47 Å². The highest BCUT2D eigenvalue weighted by molar-refractivity contribution is 5.35. The fourth-order valence-electron chi connectivity index (χ4n) is 2.48. The number of β-amino-alcohol motifs (C(OH)–C–C–N with tert-alkyl or cyclic N) is 1. The molecule has 0 aliphatic carbocycles. The van der Waals surface area contributed by atoms with Gasteiger partial charge in [0.05, 0.1) is 25.9 Å². The van der Waals surface area contributed by atoms with Crippen LogP contribution in [-0.2, 0) is 4.74 Å². The minimum atomic E-state index is -0.522. The van der Waals surface area contributed by atoms with Gasteiger partial charge in [0, 0.05) is 25.2 Å². The molecular weight excluding hydrogens is 242 g/mol. The summed E-state index contributed by atoms with van der Waals surface area (Å²) in [6.45, 7) is 5.27. The SMILES string of the molecule is CCC1CN(CC(O)c2ccccc2OC)CCO1. The molecule has 1 N–H and O–H groups in total. The van der Waals surface area contributed by atoms with E-state index in [-0.39, 0.29) is 0 Å². The minimum Gasteiger partial charge on any atom is -0.496 e. The quantitative estimate of drug-likeness (QED) is 0.882. The maximum atomic E-state index is 10.4. The summed E-state index contributed by atoms with van der Waals surface area (Å²) in [5.74, 6) is 0.746. The fourth-order valence-corrected chi connectivity index (χ4v) is 2.48. The van der Waals surface area contributed by atoms with Gasteiger partial charge in [-0.1, -0.05) is 25.1 Å². The Morgan fingerprint density at radius 3 is 3.00 bits per heavy atom. The van der Waals surface area contributed by atoms with Crippen molar-refractivity contribution in [1.82, 2.24) is 4.90 Å². The Bertz CT molecular complexity index is 397. The highest BCUT2D eigenvalue weighted by Gasteiger charge is 2.22. The molecule has 0 spiro atoms. The summed E-state index contributed by atoms with van der Waals surface area (Å²) in [5.41, 5.74) is 0.851. The van der Waals surface area contributed by atoms with Gasteiger partial charge < -0.3 is 14.6 Å². The number of morpholine rings is 1. The Kier molecular flexibility index (Phi) is 5.19. The van der Waals surface area contributed by atoms with Crippen LogP contribution >= 0.6 is 0 Å². The van der Waals surface area contributed by atoms with Gasteiger partial charge in [0.1, 0.15) is 5.75 Å². The molecule has 2 rings (SSSR count). The van der Waals surface area contributed by atoms with E-state index in [0.717, 1.165) is 37.4 Å². The maximum absolute atomic E-state index is 10.4. The number of nitrogens with zero attached hydrogens (tertiary/aromatic N) is 1. The number of aliphatic hydroxyl groups is 1. The molecule has 1 fully saturated rings. The van der Waals surface area contributed by atoms with Gasteiger partial charge in [-0.25, -0.2) is 0 Å². The largest absolute Gasteiger partial charge is 0.496 e. The number of hydrogen-bond acceptors (Lipinski definition) is 4. The van der Waals surface area contributed by atoms with Crippen molar-refractivity contribution in [3.05, 3.63) is 29.8 Å². The van der Waals surface area contributed by atoms with Crippen molar-refractivity contribution >= 4 is 0 Å². The molecule has 0 amide bonds. The first-order valence-corrected chi connectivity index (χ1v) is 6.89. The molecule has 0 saturated carbocycles. The molecule has 4 heteroatoms. The molecule has 0 radical (unpaired) electrons. The van der Waals surface area contributed by atoms with Crippen LogP contribution in [0, 0.1) is 0 Å². The summed E-state index contributed by atoms with van der Waals surface area (Å²) in [4.78, 5) is 2.26. The lowest BCUT2D eigenvalue weighted by Gasteiger charge is -2.33. The van der Waals surface area contributed by atoms with Crippen LogP contribution in [0.3, 0.4) is 0 Å². The lowest BCUT2D eigenvalue weighted by Crippen LogP contribution is -2.43. The normalized spacial score (nSPS) is 22.2. The Morgan fingerprint density at radius 2 is 2.26 bits per heavy atom. The van der Waals surface area contributed by atoms with Crippen LogP contribution in [0.4, 0.5) is 0 Å². The molecule has 1 aromatic carbocycles. The number of hydrogen-bond donors (Lipinski definition) is 1. The predicted molar refractivity (Wildman–Crippen MR) is 74.4 cm³/mol. The highest BCUT2D eigenvalue weighted by atomic mass is 16.5. The van der Waals surface area contributed by atoms with Gasteiger partial charge in [-0.15, -0.1) is 0 Å². The van der Waals surface area contributed by atoms with E-state index in [9.17, 15) is 5.11 Å². The van der Waals surface area contributed by atoms with E-state index in [0.29, 0.717) is 12.6 Å². The van der Waals surface area contributed by atoms with Crippen molar-refractivity contribution in [2.24, 2.45) is 0 Å². The summed E-state index contributed by atoms with van der Waals surface area (Å²) in [5, 5.41) is 10.4. The lowest BCUT2D eigenvalue weighted by molar-refractivity contribution is -0.0419. The Labute approximate surface area is 114 Å². The third kappa shape index (κ3) is 3.69. The second-order valence-electron chi connectivity index (χ2n) is 4.92. The zero-order valence-electron chi connectivity index (χ0n) is 11.7. The monoisotopic (exact) mass is 265 g/mol. The van der Waals surface area contributed by atoms with Gasteiger partial charge in [0.15, 0.2) is 0 Å². The van der Waals surface area contributed by atoms with Crippen LogP contribution in [0.15, 0.2) is 24.3 Å². The number of aliphatic hydroxyl groups excluding tert-OH is 1. The van der Waals surface area contributed by atoms with E-state index in [2.05, 4.69) is 11.8 Å². The van der Waals surface area contributed by atoms with Crippen LogP contribution in [0.25, 0.3) is 0 Å². The van der Waals surface area contributed by atoms with Gasteiger partial charge in [-0.2, -0.15) is 0 Å². The molecule has 1 aliphatic rings. The average Bonchev–Trinajstić information content (AvgIpc) is 2.47. The summed E-state index contributed by atoms with van der Waals surface area (Å²) in [7, 11) is 1.63. The summed E-state index contributed by atoms with van der Waals surface area (Å²) < 4.78 is 10.9. The van der Waals surface area contributed by atoms with Crippen molar-refractivity contribution in [3.8, 4) is 5.75 Å². The first-order valence-electron chi connectivity index (χ1n) is 6.89. The third-order valence-electron chi connectivity index (χ3n) is 3.61. The van der Waals surface area contributed by atoms with Gasteiger partial charge in [-0.3, -0.25) is 4.90 Å². The van der Waals surface area contributed by atoms with Gasteiger partial charge in [0.25, 0.3) is 0 Å². The van der Waals surface area contributed by atoms with Crippen molar-refractivity contribution in [3.63, 3.8) is 0 Å². The van der Waals surface area contributed by atoms with Crippen molar-refractivity contribution < 1.29 is 14.6 Å². The van der Waals surface area contributed by atoms with Gasteiger partial charge in [-0.05, 0) is 12.5 Å². The summed E-state index contributed by atoms with van der Waals surface area (Å²) >= 11 is 0. The molecular formula is C15H23NO3. The van der Waals surface area contributed by atoms with Crippen LogP contribution in [-0.4, -0.2) is 49.5 Å². The Morgan fingerprint density at radius 1 is 1.47 bits per heavy atom. The maximum Gasteiger partial charge on any atom is 0.124 e. The fraction of sp³-hybridized carbons (Fsp3) is 0.600. The number of para-hydroxylation sites is 1. The van der Waals surface area contributed by atoms with Gasteiger partial charge >= 0.3 is 0 Å². The topological polar surface area (TPSA) is 41.9 Å². The van der Waals surface area contributed by atoms with Crippen LogP contribution in [0.2, 0.25) is 0 Å². The molecule has 0 aromatic heterocycles. The molecule has 2 atom stereocenters. The molecule has 106 valence electrons. The van der Waals surface area contributed by atoms with Crippen LogP contribution in [0.1, 0.15) is 25.0 Å². The first-order chi connectivity index (χ1) is 9.24. The molecule has 1 saturated heterocycles. The van der Waals surface area contributed by atoms with E-state index < -0.39 is 6.10 Å². The van der Waals surface area contributed by atoms with E-state index >= 15 is 0 Å². The average molecular weight is 265 g/mol. The Hall–Kier alpha value is -1.10. The molecule has 2 unspecified atom stereocenters. The first kappa shape index (κ1) is 14.3. The minimum absolute atomic E-state index is 0.290. The summed E-state index contributed by atoms with van der Waals surface area (Å²) in [6.07, 6.45) is 0.784. The standard InChI is InChI=1S/C15H23NO3/c1-3-12-10-16(8-9-19-12)11-14(17)13-6-4-5-7-15(13)18-2/h4-7,12,14,17H,3,8-11H2,1-2H3. The number of rotatable bonds is 5. The molecule has 4 nitrogen and oxygen atoms in total. The predicted octanol–water partition coefficient (Wildman–Crippen LogP) is 1.84. The van der Waals surface area contributed by atoms with E-state index in [1.54, 1.807) is 7.11 Å². The molecule has 1 heterocycles. The smallest absolute Gasteiger partial charge is 0.124 e. The lowest BCUT2D eigenvalue weighted by atomic mass is 10.1. The third-order valence-corrected chi connectivity index (χ3v) is 3.61. The van der Waals surface area contributed by atoms with Crippen molar-refractivity contribution in [2.45, 2.75) is 25.6 Å². The highest BCUT2D eigenvalue weighted by Crippen LogP contribution is 2.25. The second-order valence-corrected chi connectivity index (χ2v) is 4.92. The summed E-state index contributed by atoms with van der Waals surface area (Å²) in [6, 6.07) is 7.64. The molecule has 19 heavy (non-hydrogen) atoms. The van der Waals surface area contributed by atoms with Crippen molar-refractivity contribution in [1.29, 1.82) is 0 Å². The number of benzene rings is 1. The number of ether oxygens (including phenoxy) is 2. The molecule has 1 aliphatic heterocycles. The molecule has 1 aromatic rings. The van der Waals surface area contributed by atoms with E-state index in [1.807, 2.05) is 24.3 Å². The molecule has 0 bridgehead atoms.